The van der Waals surface area contributed by atoms with Crippen LogP contribution >= 0.6 is 0 Å². The van der Waals surface area contributed by atoms with Crippen LogP contribution < -0.4 is 10.1 Å². The summed E-state index contributed by atoms with van der Waals surface area (Å²) in [5.74, 6) is 1.61. The minimum atomic E-state index is 0.254. The van der Waals surface area contributed by atoms with Crippen LogP contribution in [0.4, 0.5) is 0 Å². The smallest absolute Gasteiger partial charge is 0.120 e. The summed E-state index contributed by atoms with van der Waals surface area (Å²) in [7, 11) is 2.00. The van der Waals surface area contributed by atoms with Gasteiger partial charge >= 0.3 is 0 Å². The van der Waals surface area contributed by atoms with Crippen LogP contribution in [0.1, 0.15) is 45.4 Å². The van der Waals surface area contributed by atoms with E-state index in [0.717, 1.165) is 25.3 Å². The number of rotatable bonds is 7. The quantitative estimate of drug-likeness (QED) is 0.815. The highest BCUT2D eigenvalue weighted by atomic mass is 16.5. The molecule has 1 aromatic carbocycles. The molecule has 0 bridgehead atoms. The van der Waals surface area contributed by atoms with Crippen molar-refractivity contribution in [3.05, 3.63) is 29.5 Å². The van der Waals surface area contributed by atoms with E-state index in [2.05, 4.69) is 62.7 Å². The number of benzene rings is 1. The van der Waals surface area contributed by atoms with Gasteiger partial charge in [-0.1, -0.05) is 20.8 Å². The number of hydrogen-bond donors (Lipinski definition) is 1. The SMILES string of the molecule is CCC(C)Oc1ccc2c(c1)c(CNC)c(C)n2CC(C)C. The number of ether oxygens (including phenoxy) is 1. The van der Waals surface area contributed by atoms with Crippen molar-refractivity contribution in [2.24, 2.45) is 5.92 Å². The van der Waals surface area contributed by atoms with E-state index in [4.69, 9.17) is 4.74 Å². The second-order valence-corrected chi connectivity index (χ2v) is 6.61. The molecular weight excluding hydrogens is 272 g/mol. The van der Waals surface area contributed by atoms with Gasteiger partial charge in [0.2, 0.25) is 0 Å². The first kappa shape index (κ1) is 16.9. The number of aromatic nitrogens is 1. The Labute approximate surface area is 134 Å². The monoisotopic (exact) mass is 302 g/mol. The summed E-state index contributed by atoms with van der Waals surface area (Å²) in [5, 5.41) is 4.61. The van der Waals surface area contributed by atoms with Gasteiger partial charge in [0.25, 0.3) is 0 Å². The van der Waals surface area contributed by atoms with Gasteiger partial charge in [-0.15, -0.1) is 0 Å². The van der Waals surface area contributed by atoms with Gasteiger partial charge in [-0.3, -0.25) is 0 Å². The average molecular weight is 302 g/mol. The second kappa shape index (κ2) is 7.19. The molecule has 0 aliphatic rings. The van der Waals surface area contributed by atoms with Crippen LogP contribution in [0.3, 0.4) is 0 Å². The Morgan fingerprint density at radius 1 is 1.23 bits per heavy atom. The van der Waals surface area contributed by atoms with Crippen LogP contribution in [-0.4, -0.2) is 17.7 Å². The van der Waals surface area contributed by atoms with Crippen LogP contribution in [0.2, 0.25) is 0 Å². The largest absolute Gasteiger partial charge is 0.491 e. The van der Waals surface area contributed by atoms with E-state index in [1.807, 2.05) is 7.05 Å². The van der Waals surface area contributed by atoms with Crippen LogP contribution in [0.15, 0.2) is 18.2 Å². The van der Waals surface area contributed by atoms with Gasteiger partial charge in [-0.25, -0.2) is 0 Å². The van der Waals surface area contributed by atoms with E-state index in [0.29, 0.717) is 5.92 Å². The molecule has 1 heterocycles. The molecular formula is C19H30N2O. The molecule has 1 aromatic heterocycles. The van der Waals surface area contributed by atoms with Crippen molar-refractivity contribution >= 4 is 10.9 Å². The van der Waals surface area contributed by atoms with Gasteiger partial charge in [-0.05, 0) is 57.0 Å². The molecule has 0 saturated carbocycles. The first-order valence-corrected chi connectivity index (χ1v) is 8.40. The molecule has 3 nitrogen and oxygen atoms in total. The summed E-state index contributed by atoms with van der Waals surface area (Å²) < 4.78 is 8.45. The molecule has 2 rings (SSSR count). The van der Waals surface area contributed by atoms with E-state index in [1.54, 1.807) is 0 Å². The van der Waals surface area contributed by atoms with Gasteiger partial charge < -0.3 is 14.6 Å². The summed E-state index contributed by atoms with van der Waals surface area (Å²) in [6.07, 6.45) is 1.28. The molecule has 22 heavy (non-hydrogen) atoms. The fourth-order valence-corrected chi connectivity index (χ4v) is 2.92. The predicted octanol–water partition coefficient (Wildman–Crippen LogP) is 4.50. The van der Waals surface area contributed by atoms with E-state index in [9.17, 15) is 0 Å². The standard InChI is InChI=1S/C19H30N2O/c1-7-14(4)22-16-8-9-19-17(10-16)18(11-20-6)15(5)21(19)12-13(2)3/h8-10,13-14,20H,7,11-12H2,1-6H3. The van der Waals surface area contributed by atoms with Crippen molar-refractivity contribution in [1.82, 2.24) is 9.88 Å². The fourth-order valence-electron chi connectivity index (χ4n) is 2.92. The maximum atomic E-state index is 6.01. The van der Waals surface area contributed by atoms with Crippen molar-refractivity contribution in [2.45, 2.75) is 60.2 Å². The fraction of sp³-hybridized carbons (Fsp3) is 0.579. The minimum Gasteiger partial charge on any atom is -0.491 e. The molecule has 0 saturated heterocycles. The molecule has 0 aliphatic heterocycles. The molecule has 0 radical (unpaired) electrons. The lowest BCUT2D eigenvalue weighted by molar-refractivity contribution is 0.217. The third-order valence-corrected chi connectivity index (χ3v) is 4.24. The zero-order valence-corrected chi connectivity index (χ0v) is 14.9. The lowest BCUT2D eigenvalue weighted by atomic mass is 10.1. The molecule has 122 valence electrons. The highest BCUT2D eigenvalue weighted by Crippen LogP contribution is 2.30. The number of hydrogen-bond acceptors (Lipinski definition) is 2. The third kappa shape index (κ3) is 3.46. The highest BCUT2D eigenvalue weighted by Gasteiger charge is 2.15. The van der Waals surface area contributed by atoms with Gasteiger partial charge in [0.05, 0.1) is 6.10 Å². The topological polar surface area (TPSA) is 26.2 Å². The van der Waals surface area contributed by atoms with Crippen LogP contribution in [0.25, 0.3) is 10.9 Å². The zero-order chi connectivity index (χ0) is 16.3. The van der Waals surface area contributed by atoms with Gasteiger partial charge in [0.1, 0.15) is 5.75 Å². The van der Waals surface area contributed by atoms with Crippen LogP contribution in [0.5, 0.6) is 5.75 Å². The molecule has 1 atom stereocenters. The first-order valence-electron chi connectivity index (χ1n) is 8.40. The van der Waals surface area contributed by atoms with E-state index in [-0.39, 0.29) is 6.10 Å². The van der Waals surface area contributed by atoms with E-state index < -0.39 is 0 Å². The Bertz CT molecular complexity index is 628. The second-order valence-electron chi connectivity index (χ2n) is 6.61. The average Bonchev–Trinajstić information content (AvgIpc) is 2.72. The summed E-state index contributed by atoms with van der Waals surface area (Å²) >= 11 is 0. The Morgan fingerprint density at radius 3 is 2.55 bits per heavy atom. The van der Waals surface area contributed by atoms with E-state index >= 15 is 0 Å². The lowest BCUT2D eigenvalue weighted by Gasteiger charge is -2.13. The molecule has 1 unspecified atom stereocenters. The van der Waals surface area contributed by atoms with Gasteiger partial charge in [-0.2, -0.15) is 0 Å². The van der Waals surface area contributed by atoms with Crippen molar-refractivity contribution < 1.29 is 4.74 Å². The minimum absolute atomic E-state index is 0.254. The Morgan fingerprint density at radius 2 is 1.95 bits per heavy atom. The predicted molar refractivity (Wildman–Crippen MR) is 94.7 cm³/mol. The molecule has 2 aromatic rings. The van der Waals surface area contributed by atoms with E-state index in [1.165, 1.54) is 22.2 Å². The Kier molecular flexibility index (Phi) is 5.52. The number of nitrogens with one attached hydrogen (secondary N) is 1. The normalized spacial score (nSPS) is 13.0. The first-order chi connectivity index (χ1) is 10.5. The molecule has 0 fully saturated rings. The number of fused-ring (bicyclic) bond motifs is 1. The van der Waals surface area contributed by atoms with Crippen molar-refractivity contribution in [3.63, 3.8) is 0 Å². The summed E-state index contributed by atoms with van der Waals surface area (Å²) in [6, 6.07) is 6.52. The maximum Gasteiger partial charge on any atom is 0.120 e. The van der Waals surface area contributed by atoms with Crippen LogP contribution in [-0.2, 0) is 13.1 Å². The molecule has 0 aliphatic carbocycles. The third-order valence-electron chi connectivity index (χ3n) is 4.24. The lowest BCUT2D eigenvalue weighted by Crippen LogP contribution is -2.09. The van der Waals surface area contributed by atoms with Gasteiger partial charge in [0.15, 0.2) is 0 Å². The Balaban J connectivity index is 2.51. The van der Waals surface area contributed by atoms with Crippen molar-refractivity contribution in [2.75, 3.05) is 7.05 Å². The molecule has 1 N–H and O–H groups in total. The highest BCUT2D eigenvalue weighted by molar-refractivity contribution is 5.87. The Hall–Kier alpha value is -1.48. The summed E-state index contributed by atoms with van der Waals surface area (Å²) in [4.78, 5) is 0. The maximum absolute atomic E-state index is 6.01. The summed E-state index contributed by atoms with van der Waals surface area (Å²) in [5.41, 5.74) is 4.06. The molecule has 3 heteroatoms. The van der Waals surface area contributed by atoms with Crippen molar-refractivity contribution in [1.29, 1.82) is 0 Å². The molecule has 0 amide bonds. The van der Waals surface area contributed by atoms with Crippen molar-refractivity contribution in [3.8, 4) is 5.75 Å². The molecule has 0 spiro atoms. The summed E-state index contributed by atoms with van der Waals surface area (Å²) in [6.45, 7) is 13.0. The van der Waals surface area contributed by atoms with Gasteiger partial charge in [0, 0.05) is 29.7 Å². The van der Waals surface area contributed by atoms with Crippen LogP contribution in [0, 0.1) is 12.8 Å². The number of nitrogens with zero attached hydrogens (tertiary/aromatic N) is 1. The zero-order valence-electron chi connectivity index (χ0n) is 14.9.